The number of nitrogens with zero attached hydrogens (tertiary/aromatic N) is 3. The summed E-state index contributed by atoms with van der Waals surface area (Å²) in [5.74, 6) is 0.324. The summed E-state index contributed by atoms with van der Waals surface area (Å²) in [5.41, 5.74) is 3.50. The summed E-state index contributed by atoms with van der Waals surface area (Å²) in [6, 6.07) is 16.3. The first-order valence-corrected chi connectivity index (χ1v) is 10.6. The van der Waals surface area contributed by atoms with Crippen LogP contribution in [0.1, 0.15) is 39.8 Å². The van der Waals surface area contributed by atoms with Gasteiger partial charge in [0.15, 0.2) is 11.5 Å². The maximum Gasteiger partial charge on any atom is 0.254 e. The van der Waals surface area contributed by atoms with Crippen molar-refractivity contribution in [2.75, 3.05) is 11.9 Å². The molecule has 0 aliphatic carbocycles. The van der Waals surface area contributed by atoms with Crippen molar-refractivity contribution in [1.29, 1.82) is 0 Å². The van der Waals surface area contributed by atoms with E-state index in [1.807, 2.05) is 36.4 Å². The van der Waals surface area contributed by atoms with Gasteiger partial charge in [-0.3, -0.25) is 14.6 Å². The molecule has 6 rings (SSSR count). The Kier molecular flexibility index (Phi) is 3.95. The van der Waals surface area contributed by atoms with Crippen molar-refractivity contribution in [1.82, 2.24) is 14.9 Å². The van der Waals surface area contributed by atoms with E-state index in [9.17, 15) is 9.59 Å². The lowest BCUT2D eigenvalue weighted by Gasteiger charge is -2.34. The average Bonchev–Trinajstić information content (AvgIpc) is 3.47. The van der Waals surface area contributed by atoms with Crippen LogP contribution in [0.2, 0.25) is 0 Å². The Labute approximate surface area is 184 Å². The summed E-state index contributed by atoms with van der Waals surface area (Å²) in [6.07, 6.45) is 3.97. The van der Waals surface area contributed by atoms with Gasteiger partial charge in [0.2, 0.25) is 5.91 Å². The molecular formula is C25H20N4O3. The van der Waals surface area contributed by atoms with Crippen LogP contribution in [0.15, 0.2) is 71.4 Å². The first kappa shape index (κ1) is 18.7. The maximum atomic E-state index is 13.8. The van der Waals surface area contributed by atoms with Crippen molar-refractivity contribution in [2.45, 2.75) is 24.8 Å². The monoisotopic (exact) mass is 424 g/mol. The van der Waals surface area contributed by atoms with Crippen LogP contribution in [-0.2, 0) is 10.2 Å². The van der Waals surface area contributed by atoms with Crippen LogP contribution in [0.3, 0.4) is 0 Å². The molecule has 1 N–H and O–H groups in total. The number of aryl methyl sites for hydroxylation is 1. The molecule has 7 heteroatoms. The first-order valence-electron chi connectivity index (χ1n) is 10.6. The zero-order valence-corrected chi connectivity index (χ0v) is 17.4. The van der Waals surface area contributed by atoms with E-state index < -0.39 is 11.5 Å². The normalized spacial score (nSPS) is 21.8. The molecule has 0 bridgehead atoms. The zero-order chi connectivity index (χ0) is 21.9. The lowest BCUT2D eigenvalue weighted by molar-refractivity contribution is -0.121. The minimum absolute atomic E-state index is 0.0795. The molecular weight excluding hydrogens is 404 g/mol. The standard InChI is InChI=1S/C25H20N4O3/c1-15-27-20-9-8-16(13-21(20)32-15)23(30)29-12-10-25(22(29)17-5-4-11-26-14-17)18-6-2-3-7-19(18)28-24(25)31/h2-9,11,13-14,22H,10,12H2,1H3,(H,28,31). The van der Waals surface area contributed by atoms with Gasteiger partial charge in [0, 0.05) is 37.1 Å². The van der Waals surface area contributed by atoms with Gasteiger partial charge >= 0.3 is 0 Å². The fraction of sp³-hybridized carbons (Fsp3) is 0.200. The van der Waals surface area contributed by atoms with Crippen LogP contribution in [-0.4, -0.2) is 33.2 Å². The SMILES string of the molecule is Cc1nc2ccc(C(=O)N3CCC4(C(=O)Nc5ccccc54)C3c3cccnc3)cc2o1. The number of anilines is 1. The summed E-state index contributed by atoms with van der Waals surface area (Å²) in [6.45, 7) is 2.23. The molecule has 158 valence electrons. The quantitative estimate of drug-likeness (QED) is 0.525. The molecule has 1 saturated heterocycles. The second kappa shape index (κ2) is 6.75. The summed E-state index contributed by atoms with van der Waals surface area (Å²) < 4.78 is 5.63. The number of fused-ring (bicyclic) bond motifs is 3. The largest absolute Gasteiger partial charge is 0.441 e. The van der Waals surface area contributed by atoms with Crippen molar-refractivity contribution in [3.8, 4) is 0 Å². The molecule has 2 aromatic heterocycles. The van der Waals surface area contributed by atoms with Crippen molar-refractivity contribution in [3.63, 3.8) is 0 Å². The number of likely N-dealkylation sites (tertiary alicyclic amines) is 1. The van der Waals surface area contributed by atoms with Crippen LogP contribution >= 0.6 is 0 Å². The number of hydrogen-bond donors (Lipinski definition) is 1. The Bertz CT molecular complexity index is 1380. The van der Waals surface area contributed by atoms with Gasteiger partial charge in [0.1, 0.15) is 10.9 Å². The molecule has 7 nitrogen and oxygen atoms in total. The average molecular weight is 424 g/mol. The van der Waals surface area contributed by atoms with E-state index in [1.165, 1.54) is 0 Å². The number of pyridine rings is 1. The van der Waals surface area contributed by atoms with Gasteiger partial charge in [-0.2, -0.15) is 0 Å². The lowest BCUT2D eigenvalue weighted by Crippen LogP contribution is -2.42. The number of oxazole rings is 1. The third kappa shape index (κ3) is 2.54. The highest BCUT2D eigenvalue weighted by molar-refractivity contribution is 6.08. The number of rotatable bonds is 2. The first-order chi connectivity index (χ1) is 15.6. The van der Waals surface area contributed by atoms with E-state index in [1.54, 1.807) is 42.4 Å². The molecule has 2 aliphatic heterocycles. The number of amides is 2. The van der Waals surface area contributed by atoms with Crippen molar-refractivity contribution < 1.29 is 14.0 Å². The van der Waals surface area contributed by atoms with Gasteiger partial charge in [-0.15, -0.1) is 0 Å². The minimum atomic E-state index is -0.859. The molecule has 1 spiro atoms. The molecule has 4 aromatic rings. The van der Waals surface area contributed by atoms with Crippen LogP contribution < -0.4 is 5.32 Å². The predicted molar refractivity (Wildman–Crippen MR) is 118 cm³/mol. The van der Waals surface area contributed by atoms with E-state index >= 15 is 0 Å². The summed E-state index contributed by atoms with van der Waals surface area (Å²) in [7, 11) is 0. The van der Waals surface area contributed by atoms with Crippen LogP contribution in [0.5, 0.6) is 0 Å². The highest BCUT2D eigenvalue weighted by Crippen LogP contribution is 2.54. The fourth-order valence-electron chi connectivity index (χ4n) is 5.25. The molecule has 4 heterocycles. The van der Waals surface area contributed by atoms with E-state index in [0.29, 0.717) is 35.5 Å². The molecule has 2 atom stereocenters. The predicted octanol–water partition coefficient (Wildman–Crippen LogP) is 4.01. The molecule has 2 aromatic carbocycles. The third-order valence-corrected chi connectivity index (χ3v) is 6.59. The molecule has 2 amide bonds. The van der Waals surface area contributed by atoms with Crippen molar-refractivity contribution >= 4 is 28.6 Å². The van der Waals surface area contributed by atoms with Crippen LogP contribution in [0, 0.1) is 6.92 Å². The zero-order valence-electron chi connectivity index (χ0n) is 17.4. The van der Waals surface area contributed by atoms with E-state index in [0.717, 1.165) is 16.8 Å². The lowest BCUT2D eigenvalue weighted by atomic mass is 9.73. The van der Waals surface area contributed by atoms with E-state index in [4.69, 9.17) is 4.42 Å². The van der Waals surface area contributed by atoms with Gasteiger partial charge in [0.25, 0.3) is 5.91 Å². The van der Waals surface area contributed by atoms with E-state index in [-0.39, 0.29) is 11.8 Å². The second-order valence-corrected chi connectivity index (χ2v) is 8.32. The molecule has 32 heavy (non-hydrogen) atoms. The van der Waals surface area contributed by atoms with Gasteiger partial charge in [0.05, 0.1) is 6.04 Å². The Morgan fingerprint density at radius 3 is 2.91 bits per heavy atom. The highest BCUT2D eigenvalue weighted by Gasteiger charge is 2.59. The molecule has 0 saturated carbocycles. The van der Waals surface area contributed by atoms with Crippen molar-refractivity contribution in [3.05, 3.63) is 89.6 Å². The van der Waals surface area contributed by atoms with Gasteiger partial charge in [-0.25, -0.2) is 4.98 Å². The van der Waals surface area contributed by atoms with Gasteiger partial charge in [-0.1, -0.05) is 24.3 Å². The smallest absolute Gasteiger partial charge is 0.254 e. The summed E-state index contributed by atoms with van der Waals surface area (Å²) in [4.78, 5) is 37.6. The van der Waals surface area contributed by atoms with E-state index in [2.05, 4.69) is 15.3 Å². The van der Waals surface area contributed by atoms with Crippen LogP contribution in [0.4, 0.5) is 5.69 Å². The number of para-hydroxylation sites is 1. The molecule has 0 radical (unpaired) electrons. The highest BCUT2D eigenvalue weighted by atomic mass is 16.3. The third-order valence-electron chi connectivity index (χ3n) is 6.59. The molecule has 2 aliphatic rings. The number of benzene rings is 2. The number of hydrogen-bond acceptors (Lipinski definition) is 5. The Hall–Kier alpha value is -4.00. The summed E-state index contributed by atoms with van der Waals surface area (Å²) >= 11 is 0. The summed E-state index contributed by atoms with van der Waals surface area (Å²) in [5, 5.41) is 3.04. The van der Waals surface area contributed by atoms with Crippen molar-refractivity contribution in [2.24, 2.45) is 0 Å². The van der Waals surface area contributed by atoms with Crippen LogP contribution in [0.25, 0.3) is 11.1 Å². The van der Waals surface area contributed by atoms with Gasteiger partial charge in [-0.05, 0) is 47.9 Å². The Morgan fingerprint density at radius 1 is 1.19 bits per heavy atom. The number of carbonyl (C=O) groups excluding carboxylic acids is 2. The number of nitrogens with one attached hydrogen (secondary N) is 1. The fourth-order valence-corrected chi connectivity index (χ4v) is 5.25. The minimum Gasteiger partial charge on any atom is -0.441 e. The topological polar surface area (TPSA) is 88.3 Å². The molecule has 2 unspecified atom stereocenters. The Morgan fingerprint density at radius 2 is 2.06 bits per heavy atom. The Balaban J connectivity index is 1.49. The maximum absolute atomic E-state index is 13.8. The second-order valence-electron chi connectivity index (χ2n) is 8.32. The number of carbonyl (C=O) groups is 2. The number of aromatic nitrogens is 2. The molecule has 1 fully saturated rings. The van der Waals surface area contributed by atoms with Gasteiger partial charge < -0.3 is 14.6 Å².